The minimum atomic E-state index is -0.422. The van der Waals surface area contributed by atoms with Crippen LogP contribution in [0.5, 0.6) is 5.75 Å². The quantitative estimate of drug-likeness (QED) is 0.553. The number of fused-ring (bicyclic) bond motifs is 2. The van der Waals surface area contributed by atoms with E-state index in [0.29, 0.717) is 55.9 Å². The molecule has 0 spiro atoms. The third kappa shape index (κ3) is 4.07. The molecule has 1 saturated heterocycles. The van der Waals surface area contributed by atoms with Crippen LogP contribution in [0.1, 0.15) is 46.4 Å². The highest BCUT2D eigenvalue weighted by Gasteiger charge is 2.45. The van der Waals surface area contributed by atoms with Crippen LogP contribution in [0.3, 0.4) is 0 Å². The number of nitrogens with zero attached hydrogens (tertiary/aromatic N) is 3. The van der Waals surface area contributed by atoms with Crippen molar-refractivity contribution in [3.8, 4) is 5.75 Å². The summed E-state index contributed by atoms with van der Waals surface area (Å²) in [7, 11) is 1.86. The summed E-state index contributed by atoms with van der Waals surface area (Å²) >= 11 is 0. The lowest BCUT2D eigenvalue weighted by molar-refractivity contribution is -0.143. The van der Waals surface area contributed by atoms with Gasteiger partial charge in [0.25, 0.3) is 11.5 Å². The fourth-order valence-corrected chi connectivity index (χ4v) is 5.82. The molecule has 0 bridgehead atoms. The second kappa shape index (κ2) is 9.30. The minimum Gasteiger partial charge on any atom is -0.492 e. The van der Waals surface area contributed by atoms with E-state index >= 15 is 0 Å². The van der Waals surface area contributed by atoms with Crippen molar-refractivity contribution < 1.29 is 14.3 Å². The maximum Gasteiger partial charge on any atom is 0.272 e. The lowest BCUT2D eigenvalue weighted by Crippen LogP contribution is -2.63. The molecule has 192 valence electrons. The molecule has 0 radical (unpaired) electrons. The van der Waals surface area contributed by atoms with Crippen LogP contribution in [0, 0.1) is 0 Å². The van der Waals surface area contributed by atoms with E-state index in [0.717, 1.165) is 47.9 Å². The molecule has 1 saturated carbocycles. The molecule has 2 N–H and O–H groups in total. The second-order valence-electron chi connectivity index (χ2n) is 10.2. The van der Waals surface area contributed by atoms with Crippen LogP contribution >= 0.6 is 0 Å². The first-order chi connectivity index (χ1) is 18.0. The molecule has 0 atom stereocenters. The van der Waals surface area contributed by atoms with E-state index in [1.54, 1.807) is 6.07 Å². The number of carbonyl (C=O) groups excluding carboxylic acids is 2. The van der Waals surface area contributed by atoms with Crippen molar-refractivity contribution in [1.29, 1.82) is 0 Å². The molecular weight excluding hydrogens is 470 g/mol. The van der Waals surface area contributed by atoms with E-state index in [1.165, 1.54) is 0 Å². The van der Waals surface area contributed by atoms with Gasteiger partial charge in [0, 0.05) is 44.4 Å². The number of benzene rings is 2. The summed E-state index contributed by atoms with van der Waals surface area (Å²) in [5.74, 6) is 0.744. The molecule has 9 heteroatoms. The standard InChI is InChI=1S/C28H31N5O4/c1-29-28(8-4-9-28)27(36)33-12-10-32(11-13-33)26(35)22-16-18(15-19-7-14-37-24(19)22)17-23-20-5-2-3-6-21(20)25(34)31-30-23/h2-3,5-6,15-16,29H,4,7-14,17H2,1H3,(H,31,34). The number of piperazine rings is 1. The Morgan fingerprint density at radius 3 is 2.51 bits per heavy atom. The lowest BCUT2D eigenvalue weighted by atomic mass is 9.75. The normalized spacial score (nSPS) is 18.3. The Morgan fingerprint density at radius 2 is 1.81 bits per heavy atom. The molecule has 0 unspecified atom stereocenters. The van der Waals surface area contributed by atoms with Gasteiger partial charge in [0.05, 0.1) is 28.8 Å². The third-order valence-electron chi connectivity index (χ3n) is 8.17. The molecule has 9 nitrogen and oxygen atoms in total. The van der Waals surface area contributed by atoms with Crippen LogP contribution in [0.15, 0.2) is 41.2 Å². The van der Waals surface area contributed by atoms with Gasteiger partial charge in [0.2, 0.25) is 5.91 Å². The molecule has 2 amide bonds. The van der Waals surface area contributed by atoms with Crippen molar-refractivity contribution in [1.82, 2.24) is 25.3 Å². The Balaban J connectivity index is 1.23. The summed E-state index contributed by atoms with van der Waals surface area (Å²) in [6, 6.07) is 11.4. The number of hydrogen-bond acceptors (Lipinski definition) is 6. The number of ether oxygens (including phenoxy) is 1. The number of nitrogens with one attached hydrogen (secondary N) is 2. The number of hydrogen-bond donors (Lipinski definition) is 2. The van der Waals surface area contributed by atoms with E-state index in [9.17, 15) is 14.4 Å². The smallest absolute Gasteiger partial charge is 0.272 e. The zero-order chi connectivity index (χ0) is 25.6. The maximum atomic E-state index is 13.7. The van der Waals surface area contributed by atoms with Gasteiger partial charge in [-0.2, -0.15) is 5.10 Å². The number of aromatic nitrogens is 2. The Bertz CT molecular complexity index is 1430. The first-order valence-electron chi connectivity index (χ1n) is 13.0. The molecule has 1 aromatic heterocycles. The largest absolute Gasteiger partial charge is 0.492 e. The van der Waals surface area contributed by atoms with Crippen molar-refractivity contribution in [2.75, 3.05) is 39.8 Å². The minimum absolute atomic E-state index is 0.0710. The highest BCUT2D eigenvalue weighted by Crippen LogP contribution is 2.35. The topological polar surface area (TPSA) is 108 Å². The molecule has 37 heavy (non-hydrogen) atoms. The zero-order valence-corrected chi connectivity index (χ0v) is 21.0. The Kier molecular flexibility index (Phi) is 5.95. The molecule has 3 aromatic rings. The fourth-order valence-electron chi connectivity index (χ4n) is 5.82. The van der Waals surface area contributed by atoms with Crippen LogP contribution in [0.2, 0.25) is 0 Å². The molecule has 3 aliphatic rings. The van der Waals surface area contributed by atoms with Crippen LogP contribution < -0.4 is 15.6 Å². The summed E-state index contributed by atoms with van der Waals surface area (Å²) in [5.41, 5.74) is 2.65. The van der Waals surface area contributed by atoms with Crippen molar-refractivity contribution in [2.24, 2.45) is 0 Å². The zero-order valence-electron chi connectivity index (χ0n) is 21.0. The van der Waals surface area contributed by atoms with Crippen molar-refractivity contribution >= 4 is 22.6 Å². The van der Waals surface area contributed by atoms with Crippen molar-refractivity contribution in [3.05, 3.63) is 69.1 Å². The molecule has 3 heterocycles. The third-order valence-corrected chi connectivity index (χ3v) is 8.17. The molecule has 2 aromatic carbocycles. The van der Waals surface area contributed by atoms with Gasteiger partial charge in [-0.3, -0.25) is 14.4 Å². The number of likely N-dealkylation sites (N-methyl/N-ethyl adjacent to an activating group) is 1. The molecule has 6 rings (SSSR count). The van der Waals surface area contributed by atoms with Crippen LogP contribution in [0.4, 0.5) is 0 Å². The summed E-state index contributed by atoms with van der Waals surface area (Å²) in [5, 5.41) is 11.5. The predicted molar refractivity (Wildman–Crippen MR) is 139 cm³/mol. The van der Waals surface area contributed by atoms with E-state index in [4.69, 9.17) is 4.74 Å². The summed E-state index contributed by atoms with van der Waals surface area (Å²) < 4.78 is 5.89. The van der Waals surface area contributed by atoms with E-state index in [1.807, 2.05) is 41.1 Å². The number of amides is 2. The van der Waals surface area contributed by atoms with Gasteiger partial charge < -0.3 is 19.9 Å². The summed E-state index contributed by atoms with van der Waals surface area (Å²) in [6.07, 6.45) is 4.04. The van der Waals surface area contributed by atoms with E-state index in [2.05, 4.69) is 21.6 Å². The first kappa shape index (κ1) is 23.7. The van der Waals surface area contributed by atoms with Crippen LogP contribution in [0.25, 0.3) is 10.8 Å². The Morgan fingerprint density at radius 1 is 1.08 bits per heavy atom. The fraction of sp³-hybridized carbons (Fsp3) is 0.429. The second-order valence-corrected chi connectivity index (χ2v) is 10.2. The van der Waals surface area contributed by atoms with E-state index in [-0.39, 0.29) is 17.4 Å². The Hall–Kier alpha value is -3.72. The molecular formula is C28H31N5O4. The maximum absolute atomic E-state index is 13.7. The van der Waals surface area contributed by atoms with E-state index < -0.39 is 5.54 Å². The Labute approximate surface area is 214 Å². The monoisotopic (exact) mass is 501 g/mol. The predicted octanol–water partition coefficient (Wildman–Crippen LogP) is 1.88. The van der Waals surface area contributed by atoms with Crippen molar-refractivity contribution in [2.45, 2.75) is 37.6 Å². The van der Waals surface area contributed by atoms with Gasteiger partial charge in [-0.1, -0.05) is 24.3 Å². The van der Waals surface area contributed by atoms with Gasteiger partial charge >= 0.3 is 0 Å². The summed E-state index contributed by atoms with van der Waals surface area (Å²) in [4.78, 5) is 42.7. The molecule has 2 aliphatic heterocycles. The first-order valence-corrected chi connectivity index (χ1v) is 13.0. The number of H-pyrrole nitrogens is 1. The number of aromatic amines is 1. The number of carbonyl (C=O) groups is 2. The molecule has 2 fully saturated rings. The van der Waals surface area contributed by atoms with Gasteiger partial charge in [0.15, 0.2) is 0 Å². The lowest BCUT2D eigenvalue weighted by Gasteiger charge is -2.45. The summed E-state index contributed by atoms with van der Waals surface area (Å²) in [6.45, 7) is 2.60. The van der Waals surface area contributed by atoms with Crippen LogP contribution in [-0.4, -0.2) is 77.2 Å². The van der Waals surface area contributed by atoms with Gasteiger partial charge in [0.1, 0.15) is 5.75 Å². The van der Waals surface area contributed by atoms with Crippen molar-refractivity contribution in [3.63, 3.8) is 0 Å². The van der Waals surface area contributed by atoms with Crippen LogP contribution in [-0.2, 0) is 17.6 Å². The van der Waals surface area contributed by atoms with Gasteiger partial charge in [-0.15, -0.1) is 0 Å². The van der Waals surface area contributed by atoms with Gasteiger partial charge in [-0.05, 0) is 49.6 Å². The highest BCUT2D eigenvalue weighted by atomic mass is 16.5. The molecule has 1 aliphatic carbocycles. The average Bonchev–Trinajstić information content (AvgIpc) is 3.38. The SMILES string of the molecule is CNC1(C(=O)N2CCN(C(=O)c3cc(Cc4n[nH]c(=O)c5ccccc45)cc4c3OCC4)CC2)CCC1. The average molecular weight is 502 g/mol. The number of rotatable bonds is 5. The highest BCUT2D eigenvalue weighted by molar-refractivity contribution is 5.98. The van der Waals surface area contributed by atoms with Gasteiger partial charge in [-0.25, -0.2) is 5.10 Å².